The predicted molar refractivity (Wildman–Crippen MR) is 107 cm³/mol. The first-order valence-corrected chi connectivity index (χ1v) is 8.50. The Morgan fingerprint density at radius 3 is 2.11 bits per heavy atom. The van der Waals surface area contributed by atoms with Crippen LogP contribution in [0.15, 0.2) is 48.5 Å². The fraction of sp³-hybridized carbons (Fsp3) is 0.250. The Balaban J connectivity index is 1.94. The molecular weight excluding hydrogens is 344 g/mol. The van der Waals surface area contributed by atoms with E-state index in [-0.39, 0.29) is 18.4 Å². The highest BCUT2D eigenvalue weighted by molar-refractivity contribution is 5.97. The van der Waals surface area contributed by atoms with Crippen molar-refractivity contribution in [2.75, 3.05) is 22.5 Å². The third-order valence-electron chi connectivity index (χ3n) is 3.69. The summed E-state index contributed by atoms with van der Waals surface area (Å²) in [4.78, 5) is 35.4. The summed E-state index contributed by atoms with van der Waals surface area (Å²) in [5.41, 5.74) is 6.89. The van der Waals surface area contributed by atoms with Gasteiger partial charge >= 0.3 is 0 Å². The first-order valence-electron chi connectivity index (χ1n) is 8.50. The average molecular weight is 368 g/mol. The largest absolute Gasteiger partial charge is 0.376 e. The Kier molecular flexibility index (Phi) is 6.18. The van der Waals surface area contributed by atoms with Crippen LogP contribution in [0.1, 0.15) is 31.1 Å². The van der Waals surface area contributed by atoms with E-state index in [1.807, 2.05) is 20.8 Å². The van der Waals surface area contributed by atoms with Crippen LogP contribution in [0, 0.1) is 5.41 Å². The summed E-state index contributed by atoms with van der Waals surface area (Å²) in [7, 11) is 0. The number of nitrogens with two attached hydrogens (primary N) is 1. The van der Waals surface area contributed by atoms with Crippen LogP contribution in [0.2, 0.25) is 0 Å². The molecule has 0 aliphatic rings. The summed E-state index contributed by atoms with van der Waals surface area (Å²) in [6.45, 7) is 5.49. The molecule has 0 heterocycles. The lowest BCUT2D eigenvalue weighted by Gasteiger charge is -2.18. The number of carbonyl (C=O) groups excluding carboxylic acids is 3. The van der Waals surface area contributed by atoms with Gasteiger partial charge in [0.15, 0.2) is 0 Å². The third kappa shape index (κ3) is 6.14. The van der Waals surface area contributed by atoms with Crippen molar-refractivity contribution >= 4 is 34.8 Å². The van der Waals surface area contributed by atoms with Gasteiger partial charge in [0, 0.05) is 28.0 Å². The van der Waals surface area contributed by atoms with Crippen molar-refractivity contribution in [1.82, 2.24) is 0 Å². The molecule has 142 valence electrons. The van der Waals surface area contributed by atoms with Gasteiger partial charge in [-0.3, -0.25) is 14.4 Å². The summed E-state index contributed by atoms with van der Waals surface area (Å²) >= 11 is 0. The van der Waals surface area contributed by atoms with E-state index in [9.17, 15) is 14.4 Å². The maximum Gasteiger partial charge on any atom is 0.248 e. The molecule has 27 heavy (non-hydrogen) atoms. The molecule has 2 rings (SSSR count). The number of hydrogen-bond donors (Lipinski definition) is 4. The number of hydrogen-bond acceptors (Lipinski definition) is 4. The molecule has 0 spiro atoms. The summed E-state index contributed by atoms with van der Waals surface area (Å²) < 4.78 is 0. The highest BCUT2D eigenvalue weighted by Gasteiger charge is 2.21. The van der Waals surface area contributed by atoms with Crippen LogP contribution in [-0.2, 0) is 9.59 Å². The Bertz CT molecular complexity index is 856. The summed E-state index contributed by atoms with van der Waals surface area (Å²) in [5.74, 6) is -0.905. The van der Waals surface area contributed by atoms with Gasteiger partial charge in [0.1, 0.15) is 0 Å². The van der Waals surface area contributed by atoms with Crippen LogP contribution in [0.25, 0.3) is 0 Å². The molecule has 0 radical (unpaired) electrons. The Morgan fingerprint density at radius 1 is 0.889 bits per heavy atom. The lowest BCUT2D eigenvalue weighted by atomic mass is 9.95. The fourth-order valence-electron chi connectivity index (χ4n) is 2.16. The molecule has 0 aromatic heterocycles. The normalized spacial score (nSPS) is 10.8. The first-order chi connectivity index (χ1) is 12.6. The molecule has 2 aromatic rings. The van der Waals surface area contributed by atoms with Gasteiger partial charge in [-0.25, -0.2) is 0 Å². The van der Waals surface area contributed by atoms with Crippen LogP contribution < -0.4 is 21.7 Å². The number of primary amides is 1. The quantitative estimate of drug-likeness (QED) is 0.628. The van der Waals surface area contributed by atoms with E-state index in [0.29, 0.717) is 22.6 Å². The minimum Gasteiger partial charge on any atom is -0.376 e. The molecule has 0 saturated heterocycles. The second-order valence-electron chi connectivity index (χ2n) is 7.13. The van der Waals surface area contributed by atoms with E-state index >= 15 is 0 Å². The van der Waals surface area contributed by atoms with E-state index in [0.717, 1.165) is 0 Å². The van der Waals surface area contributed by atoms with Crippen molar-refractivity contribution in [2.45, 2.75) is 20.8 Å². The van der Waals surface area contributed by atoms with Crippen LogP contribution in [-0.4, -0.2) is 24.3 Å². The smallest absolute Gasteiger partial charge is 0.248 e. The fourth-order valence-corrected chi connectivity index (χ4v) is 2.16. The second-order valence-corrected chi connectivity index (χ2v) is 7.13. The van der Waals surface area contributed by atoms with Gasteiger partial charge in [-0.2, -0.15) is 0 Å². The summed E-state index contributed by atoms with van der Waals surface area (Å²) in [5, 5.41) is 8.52. The molecule has 0 aliphatic heterocycles. The number of amides is 3. The Labute approximate surface area is 158 Å². The molecule has 0 saturated carbocycles. The summed E-state index contributed by atoms with van der Waals surface area (Å²) in [6, 6.07) is 13.5. The van der Waals surface area contributed by atoms with Gasteiger partial charge in [-0.1, -0.05) is 32.9 Å². The molecule has 0 aliphatic carbocycles. The highest BCUT2D eigenvalue weighted by Crippen LogP contribution is 2.20. The molecule has 7 heteroatoms. The zero-order chi connectivity index (χ0) is 20.0. The van der Waals surface area contributed by atoms with Crippen molar-refractivity contribution in [1.29, 1.82) is 0 Å². The lowest BCUT2D eigenvalue weighted by molar-refractivity contribution is -0.123. The molecular formula is C20H24N4O3. The minimum atomic E-state index is -0.530. The monoisotopic (exact) mass is 368 g/mol. The second kappa shape index (κ2) is 8.35. The maximum absolute atomic E-state index is 12.1. The number of rotatable bonds is 6. The van der Waals surface area contributed by atoms with Gasteiger partial charge in [-0.05, 0) is 36.4 Å². The van der Waals surface area contributed by atoms with Crippen molar-refractivity contribution in [3.05, 3.63) is 54.1 Å². The van der Waals surface area contributed by atoms with Crippen LogP contribution in [0.4, 0.5) is 17.1 Å². The average Bonchev–Trinajstić information content (AvgIpc) is 2.59. The zero-order valence-electron chi connectivity index (χ0n) is 15.6. The Hall–Kier alpha value is -3.35. The number of carbonyl (C=O) groups is 3. The van der Waals surface area contributed by atoms with Gasteiger partial charge in [-0.15, -0.1) is 0 Å². The number of nitrogens with one attached hydrogen (secondary N) is 3. The van der Waals surface area contributed by atoms with Crippen molar-refractivity contribution in [3.63, 3.8) is 0 Å². The van der Waals surface area contributed by atoms with Gasteiger partial charge in [0.25, 0.3) is 0 Å². The van der Waals surface area contributed by atoms with E-state index in [4.69, 9.17) is 5.73 Å². The zero-order valence-corrected chi connectivity index (χ0v) is 15.6. The highest BCUT2D eigenvalue weighted by atomic mass is 16.2. The third-order valence-corrected chi connectivity index (χ3v) is 3.69. The molecule has 7 nitrogen and oxygen atoms in total. The minimum absolute atomic E-state index is 0.0147. The van der Waals surface area contributed by atoms with Gasteiger partial charge < -0.3 is 21.7 Å². The van der Waals surface area contributed by atoms with Crippen LogP contribution in [0.3, 0.4) is 0 Å². The Morgan fingerprint density at radius 2 is 1.48 bits per heavy atom. The molecule has 0 unspecified atom stereocenters. The summed E-state index contributed by atoms with van der Waals surface area (Å²) in [6.07, 6.45) is 0. The number of anilines is 3. The topological polar surface area (TPSA) is 113 Å². The first kappa shape index (κ1) is 20.0. The van der Waals surface area contributed by atoms with E-state index in [1.54, 1.807) is 48.5 Å². The van der Waals surface area contributed by atoms with Gasteiger partial charge in [0.2, 0.25) is 17.7 Å². The maximum atomic E-state index is 12.1. The molecule has 5 N–H and O–H groups in total. The SMILES string of the molecule is CC(C)(C)C(=O)Nc1cccc(NC(=O)CNc2cccc(C(N)=O)c2)c1. The van der Waals surface area contributed by atoms with Crippen LogP contribution >= 0.6 is 0 Å². The van der Waals surface area contributed by atoms with Crippen molar-refractivity contribution in [3.8, 4) is 0 Å². The molecule has 3 amide bonds. The van der Waals surface area contributed by atoms with Gasteiger partial charge in [0.05, 0.1) is 6.54 Å². The van der Waals surface area contributed by atoms with Crippen LogP contribution in [0.5, 0.6) is 0 Å². The lowest BCUT2D eigenvalue weighted by Crippen LogP contribution is -2.27. The van der Waals surface area contributed by atoms with Crippen molar-refractivity contribution in [2.24, 2.45) is 11.1 Å². The molecule has 0 atom stereocenters. The van der Waals surface area contributed by atoms with Crippen molar-refractivity contribution < 1.29 is 14.4 Å². The molecule has 0 fully saturated rings. The molecule has 2 aromatic carbocycles. The predicted octanol–water partition coefficient (Wildman–Crippen LogP) is 2.82. The molecule has 0 bridgehead atoms. The van der Waals surface area contributed by atoms with E-state index in [1.165, 1.54) is 0 Å². The van der Waals surface area contributed by atoms with E-state index in [2.05, 4.69) is 16.0 Å². The standard InChI is InChI=1S/C20H24N4O3/c1-20(2,3)19(27)24-16-9-5-8-15(11-16)23-17(25)12-22-14-7-4-6-13(10-14)18(21)26/h4-11,22H,12H2,1-3H3,(H2,21,26)(H,23,25)(H,24,27). The van der Waals surface area contributed by atoms with E-state index < -0.39 is 11.3 Å². The number of benzene rings is 2.